The maximum absolute atomic E-state index is 12.3. The molecule has 2 aromatic rings. The Morgan fingerprint density at radius 3 is 1.44 bits per heavy atom. The van der Waals surface area contributed by atoms with Gasteiger partial charge in [-0.2, -0.15) is 10.5 Å². The van der Waals surface area contributed by atoms with Gasteiger partial charge >= 0.3 is 12.2 Å². The summed E-state index contributed by atoms with van der Waals surface area (Å²) in [7, 11) is 0. The number of nitrogens with one attached hydrogen (secondary N) is 2. The van der Waals surface area contributed by atoms with Crippen LogP contribution in [0, 0.1) is 50.1 Å². The molecule has 0 atom stereocenters. The van der Waals surface area contributed by atoms with E-state index < -0.39 is 35.3 Å². The molecule has 0 aliphatic heterocycles. The van der Waals surface area contributed by atoms with E-state index in [9.17, 15) is 19.1 Å². The number of benzene rings is 2. The van der Waals surface area contributed by atoms with Gasteiger partial charge in [-0.1, -0.05) is 86.0 Å². The van der Waals surface area contributed by atoms with Crippen LogP contribution in [0.25, 0.3) is 0 Å². The van der Waals surface area contributed by atoms with Crippen molar-refractivity contribution in [3.63, 3.8) is 0 Å². The van der Waals surface area contributed by atoms with Crippen LogP contribution in [-0.2, 0) is 9.47 Å². The lowest BCUT2D eigenvalue weighted by Crippen LogP contribution is -2.74. The molecule has 3 N–H and O–H groups in total. The Morgan fingerprint density at radius 1 is 0.722 bits per heavy atom. The van der Waals surface area contributed by atoms with Gasteiger partial charge in [-0.25, -0.2) is 14.0 Å². The third kappa shape index (κ3) is 11.6. The third-order valence-electron chi connectivity index (χ3n) is 9.43. The fourth-order valence-corrected chi connectivity index (χ4v) is 7.96. The minimum Gasteiger partial charge on any atom is -0.489 e. The molecule has 2 aliphatic carbocycles. The van der Waals surface area contributed by atoms with E-state index in [1.807, 2.05) is 81.4 Å². The summed E-state index contributed by atoms with van der Waals surface area (Å²) in [4.78, 5) is 23.9. The Labute approximate surface area is 331 Å². The first kappa shape index (κ1) is 48.2. The number of halogens is 3. The summed E-state index contributed by atoms with van der Waals surface area (Å²) in [6.07, 6.45) is -1.41. The van der Waals surface area contributed by atoms with Crippen molar-refractivity contribution < 1.29 is 33.3 Å². The summed E-state index contributed by atoms with van der Waals surface area (Å²) in [6.45, 7) is 27.0. The Morgan fingerprint density at radius 2 is 1.09 bits per heavy atom. The number of ether oxygens (including phenoxy) is 3. The second-order valence-corrected chi connectivity index (χ2v) is 18.6. The number of aliphatic hydroxyl groups excluding tert-OH is 1. The predicted molar refractivity (Wildman–Crippen MR) is 211 cm³/mol. The summed E-state index contributed by atoms with van der Waals surface area (Å²) in [6, 6.07) is 12.4. The molecule has 2 fully saturated rings. The van der Waals surface area contributed by atoms with Crippen LogP contribution in [0.15, 0.2) is 36.4 Å². The van der Waals surface area contributed by atoms with Crippen molar-refractivity contribution in [1.29, 1.82) is 10.5 Å². The minimum atomic E-state index is -0.544. The Bertz CT molecular complexity index is 1700. The van der Waals surface area contributed by atoms with Crippen molar-refractivity contribution in [3.05, 3.63) is 63.4 Å². The van der Waals surface area contributed by atoms with Gasteiger partial charge in [-0.05, 0) is 71.9 Å². The number of hydrogen-bond acceptors (Lipinski definition) is 8. The lowest BCUT2D eigenvalue weighted by Gasteiger charge is -2.62. The van der Waals surface area contributed by atoms with E-state index in [2.05, 4.69) is 38.3 Å². The topological polar surface area (TPSA) is 154 Å². The predicted octanol–water partition coefficient (Wildman–Crippen LogP) is 10.2. The maximum Gasteiger partial charge on any atom is 0.407 e. The second-order valence-electron chi connectivity index (χ2n) is 17.8. The van der Waals surface area contributed by atoms with E-state index in [-0.39, 0.29) is 52.3 Å². The molecule has 4 rings (SSSR count). The molecule has 0 heterocycles. The van der Waals surface area contributed by atoms with Crippen molar-refractivity contribution in [2.75, 3.05) is 0 Å². The van der Waals surface area contributed by atoms with Crippen molar-refractivity contribution >= 4 is 35.4 Å². The zero-order chi connectivity index (χ0) is 41.1. The van der Waals surface area contributed by atoms with Crippen molar-refractivity contribution in [1.82, 2.24) is 10.6 Å². The van der Waals surface area contributed by atoms with Crippen molar-refractivity contribution in [2.45, 2.75) is 140 Å². The fourth-order valence-electron chi connectivity index (χ4n) is 7.54. The van der Waals surface area contributed by atoms with E-state index in [0.29, 0.717) is 21.9 Å². The smallest absolute Gasteiger partial charge is 0.407 e. The van der Waals surface area contributed by atoms with E-state index in [1.165, 1.54) is 12.1 Å². The molecule has 0 bridgehead atoms. The highest BCUT2D eigenvalue weighted by molar-refractivity contribution is 6.32. The number of nitrogens with zero attached hydrogens (tertiary/aromatic N) is 2. The summed E-state index contributed by atoms with van der Waals surface area (Å²) in [5.74, 6) is 0.180. The molecule has 0 saturated heterocycles. The number of alkyl carbamates (subject to hydrolysis) is 2. The highest BCUT2D eigenvalue weighted by Gasteiger charge is 2.64. The summed E-state index contributed by atoms with van der Waals surface area (Å²) in [5, 5.41) is 33.7. The van der Waals surface area contributed by atoms with Crippen LogP contribution in [0.2, 0.25) is 10.0 Å². The molecule has 2 aliphatic rings. The third-order valence-corrected chi connectivity index (χ3v) is 10.1. The van der Waals surface area contributed by atoms with Gasteiger partial charge in [-0.3, -0.25) is 0 Å². The SMILES string of the molecule is C.CC(C)(C)OC(=O)NC1C(C)(C)C(O)C1(C)C.CC(C)(C)OC(=O)NC1C(C)(C)C(Oc2ccc(C#N)c(Cl)c2)C1(C)C.N#Cc1ccc(F)cc1Cl. The number of aliphatic hydroxyl groups is 1. The van der Waals surface area contributed by atoms with Crippen LogP contribution in [-0.4, -0.2) is 52.8 Å². The number of nitriles is 2. The molecule has 54 heavy (non-hydrogen) atoms. The average Bonchev–Trinajstić information content (AvgIpc) is 2.99. The van der Waals surface area contributed by atoms with Crippen molar-refractivity contribution in [3.8, 4) is 17.9 Å². The first-order chi connectivity index (χ1) is 23.9. The molecule has 2 amide bonds. The van der Waals surface area contributed by atoms with Gasteiger partial charge in [0.1, 0.15) is 41.0 Å². The number of hydrogen-bond donors (Lipinski definition) is 3. The molecule has 2 aromatic carbocycles. The second kappa shape index (κ2) is 17.4. The van der Waals surface area contributed by atoms with Gasteiger partial charge in [0.05, 0.1) is 27.3 Å². The Hall–Kier alpha value is -3.77. The number of rotatable bonds is 4. The van der Waals surface area contributed by atoms with Gasteiger partial charge in [0.15, 0.2) is 0 Å². The van der Waals surface area contributed by atoms with E-state index in [0.717, 1.165) is 6.07 Å². The standard InChI is InChI=1S/C20H27ClN2O3.C13H25NO3.C7H3ClFN.CH4/c1-18(2,3)26-17(24)23-15-19(4,5)16(20(15,6)7)25-13-9-8-12(11-22)14(21)10-13;1-11(2,3)17-10(16)14-8-12(4,5)9(15)13(8,6)7;8-7-3-6(9)2-1-5(7)4-10;/h8-10,15-16H,1-7H3,(H,23,24);8-9,15H,1-7H3,(H,14,16);1-3H;1H4. The monoisotopic (exact) mass is 792 g/mol. The largest absolute Gasteiger partial charge is 0.489 e. The van der Waals surface area contributed by atoms with E-state index >= 15 is 0 Å². The lowest BCUT2D eigenvalue weighted by molar-refractivity contribution is -0.181. The zero-order valence-corrected chi connectivity index (χ0v) is 34.8. The number of carbonyl (C=O) groups excluding carboxylic acids is 2. The molecular formula is C41H59Cl2FN4O6. The molecule has 0 aromatic heterocycles. The molecular weight excluding hydrogens is 734 g/mol. The summed E-state index contributed by atoms with van der Waals surface area (Å²) < 4.78 is 29.1. The maximum atomic E-state index is 12.3. The summed E-state index contributed by atoms with van der Waals surface area (Å²) in [5.41, 5.74) is -1.58. The van der Waals surface area contributed by atoms with Gasteiger partial charge < -0.3 is 30.0 Å². The minimum absolute atomic E-state index is 0. The van der Waals surface area contributed by atoms with Crippen LogP contribution in [0.4, 0.5) is 14.0 Å². The summed E-state index contributed by atoms with van der Waals surface area (Å²) >= 11 is 11.6. The van der Waals surface area contributed by atoms with Crippen LogP contribution >= 0.6 is 23.2 Å². The Kier molecular flexibility index (Phi) is 15.5. The zero-order valence-electron chi connectivity index (χ0n) is 33.3. The Balaban J connectivity index is 0.000000446. The van der Waals surface area contributed by atoms with Crippen LogP contribution < -0.4 is 15.4 Å². The molecule has 300 valence electrons. The molecule has 0 spiro atoms. The lowest BCUT2D eigenvalue weighted by atomic mass is 9.49. The highest BCUT2D eigenvalue weighted by Crippen LogP contribution is 2.56. The van der Waals surface area contributed by atoms with E-state index in [1.54, 1.807) is 18.2 Å². The van der Waals surface area contributed by atoms with Gasteiger partial charge in [0.2, 0.25) is 0 Å². The highest BCUT2D eigenvalue weighted by atomic mass is 35.5. The number of carbonyl (C=O) groups is 2. The average molecular weight is 794 g/mol. The molecule has 2 saturated carbocycles. The first-order valence-corrected chi connectivity index (χ1v) is 18.1. The molecule has 10 nitrogen and oxygen atoms in total. The van der Waals surface area contributed by atoms with Gasteiger partial charge in [0.25, 0.3) is 0 Å². The quantitative estimate of drug-likeness (QED) is 0.276. The first-order valence-electron chi connectivity index (χ1n) is 17.3. The molecule has 13 heteroatoms. The van der Waals surface area contributed by atoms with Crippen molar-refractivity contribution in [2.24, 2.45) is 21.7 Å². The molecule has 0 unspecified atom stereocenters. The normalized spacial score (nSPS) is 22.4. The van der Waals surface area contributed by atoms with Crippen LogP contribution in [0.3, 0.4) is 0 Å². The fraction of sp³-hybridized carbons (Fsp3) is 0.610. The van der Waals surface area contributed by atoms with Crippen LogP contribution in [0.1, 0.15) is 115 Å². The van der Waals surface area contributed by atoms with Gasteiger partial charge in [-0.15, -0.1) is 0 Å². The van der Waals surface area contributed by atoms with Crippen LogP contribution in [0.5, 0.6) is 5.75 Å². The molecule has 0 radical (unpaired) electrons. The van der Waals surface area contributed by atoms with Gasteiger partial charge in [0, 0.05) is 39.8 Å². The van der Waals surface area contributed by atoms with E-state index in [4.69, 9.17) is 47.9 Å². The number of amides is 2.